The first-order chi connectivity index (χ1) is 18.0. The lowest BCUT2D eigenvalue weighted by molar-refractivity contribution is -0.130. The van der Waals surface area contributed by atoms with Crippen LogP contribution in [0, 0.1) is 17.6 Å². The average molecular weight is 532 g/mol. The molecule has 6 rings (SSSR count). The van der Waals surface area contributed by atoms with Crippen molar-refractivity contribution in [1.29, 1.82) is 0 Å². The highest BCUT2D eigenvalue weighted by Gasteiger charge is 2.43. The summed E-state index contributed by atoms with van der Waals surface area (Å²) in [5.41, 5.74) is 4.64. The molecule has 3 aromatic carbocycles. The molecule has 0 bridgehead atoms. The second-order valence-electron chi connectivity index (χ2n) is 9.18. The highest BCUT2D eigenvalue weighted by Crippen LogP contribution is 2.45. The maximum Gasteiger partial charge on any atom is 0.253 e. The van der Waals surface area contributed by atoms with E-state index in [1.54, 1.807) is 40.6 Å². The van der Waals surface area contributed by atoms with Crippen molar-refractivity contribution < 1.29 is 13.6 Å². The molecule has 1 aliphatic heterocycles. The number of halogens is 2. The topological polar surface area (TPSA) is 45.6 Å². The number of thiazole rings is 1. The van der Waals surface area contributed by atoms with Crippen molar-refractivity contribution in [2.24, 2.45) is 11.0 Å². The summed E-state index contributed by atoms with van der Waals surface area (Å²) >= 11 is 2.99. The minimum atomic E-state index is -0.312. The van der Waals surface area contributed by atoms with E-state index >= 15 is 0 Å². The van der Waals surface area contributed by atoms with E-state index in [4.69, 9.17) is 5.10 Å². The molecule has 2 unspecified atom stereocenters. The molecule has 37 heavy (non-hydrogen) atoms. The monoisotopic (exact) mass is 531 g/mol. The fraction of sp³-hybridized carbons (Fsp3) is 0.207. The van der Waals surface area contributed by atoms with Crippen LogP contribution >= 0.6 is 23.1 Å². The van der Waals surface area contributed by atoms with Gasteiger partial charge >= 0.3 is 0 Å². The van der Waals surface area contributed by atoms with Gasteiger partial charge in [0.1, 0.15) is 11.6 Å². The van der Waals surface area contributed by atoms with Gasteiger partial charge in [-0.2, -0.15) is 5.10 Å². The number of aromatic nitrogens is 1. The number of fused-ring (bicyclic) bond motifs is 2. The molecule has 1 aliphatic carbocycles. The molecule has 0 radical (unpaired) electrons. The molecule has 4 nitrogen and oxygen atoms in total. The molecule has 1 saturated carbocycles. The molecule has 2 atom stereocenters. The number of hydrazone groups is 1. The highest BCUT2D eigenvalue weighted by molar-refractivity contribution is 8.01. The van der Waals surface area contributed by atoms with Crippen molar-refractivity contribution in [2.75, 3.05) is 5.75 Å². The lowest BCUT2D eigenvalue weighted by Gasteiger charge is -2.29. The van der Waals surface area contributed by atoms with Gasteiger partial charge in [-0.15, -0.1) is 11.3 Å². The Hall–Kier alpha value is -3.36. The van der Waals surface area contributed by atoms with Crippen molar-refractivity contribution in [3.63, 3.8) is 0 Å². The van der Waals surface area contributed by atoms with Crippen LogP contribution in [0.4, 0.5) is 8.78 Å². The average Bonchev–Trinajstić information content (AvgIpc) is 3.51. The van der Waals surface area contributed by atoms with Crippen LogP contribution in [0.1, 0.15) is 36.4 Å². The fourth-order valence-corrected chi connectivity index (χ4v) is 6.98. The Morgan fingerprint density at radius 1 is 1.03 bits per heavy atom. The lowest BCUT2D eigenvalue weighted by atomic mass is 9.77. The van der Waals surface area contributed by atoms with Crippen molar-refractivity contribution in [2.45, 2.75) is 29.6 Å². The van der Waals surface area contributed by atoms with Gasteiger partial charge < -0.3 is 0 Å². The van der Waals surface area contributed by atoms with Gasteiger partial charge in [0.2, 0.25) is 0 Å². The Morgan fingerprint density at radius 3 is 2.51 bits per heavy atom. The first-order valence-corrected chi connectivity index (χ1v) is 14.0. The molecule has 1 aromatic heterocycles. The van der Waals surface area contributed by atoms with Gasteiger partial charge in [0.15, 0.2) is 4.34 Å². The first kappa shape index (κ1) is 24.0. The Kier molecular flexibility index (Phi) is 6.61. The Bertz CT molecular complexity index is 1480. The van der Waals surface area contributed by atoms with Gasteiger partial charge in [-0.25, -0.2) is 18.8 Å². The van der Waals surface area contributed by atoms with Crippen LogP contribution < -0.4 is 0 Å². The van der Waals surface area contributed by atoms with Crippen molar-refractivity contribution >= 4 is 51.0 Å². The number of para-hydroxylation sites is 1. The zero-order chi connectivity index (χ0) is 25.4. The molecular formula is C29H23F2N3OS2. The van der Waals surface area contributed by atoms with E-state index < -0.39 is 0 Å². The first-order valence-electron chi connectivity index (χ1n) is 12.2. The van der Waals surface area contributed by atoms with Gasteiger partial charge in [0.05, 0.1) is 27.7 Å². The standard InChI is InChI=1S/C29H23F2N3OS2/c30-21-12-8-18(9-13-21)16-20-4-3-5-23-27(20)33-34(28(23)19-10-14-22(31)15-11-19)26(35)17-36-29-32-24-6-1-2-7-25(24)37-29/h1-2,6-16,23,28H,3-5,17H2. The lowest BCUT2D eigenvalue weighted by Crippen LogP contribution is -2.32. The predicted octanol–water partition coefficient (Wildman–Crippen LogP) is 7.49. The molecule has 0 N–H and O–H groups in total. The molecule has 186 valence electrons. The Balaban J connectivity index is 1.31. The zero-order valence-electron chi connectivity index (χ0n) is 19.8. The summed E-state index contributed by atoms with van der Waals surface area (Å²) in [6.07, 6.45) is 4.72. The van der Waals surface area contributed by atoms with Gasteiger partial charge in [-0.1, -0.05) is 48.2 Å². The number of hydrogen-bond donors (Lipinski definition) is 0. The number of carbonyl (C=O) groups is 1. The van der Waals surface area contributed by atoms with Crippen LogP contribution in [0.5, 0.6) is 0 Å². The smallest absolute Gasteiger partial charge is 0.253 e. The van der Waals surface area contributed by atoms with Crippen molar-refractivity contribution in [1.82, 2.24) is 9.99 Å². The maximum atomic E-state index is 13.7. The van der Waals surface area contributed by atoms with Gasteiger partial charge in [0, 0.05) is 5.92 Å². The third-order valence-corrected chi connectivity index (χ3v) is 8.94. The van der Waals surface area contributed by atoms with Crippen LogP contribution in [0.25, 0.3) is 16.3 Å². The van der Waals surface area contributed by atoms with Gasteiger partial charge in [0.25, 0.3) is 5.91 Å². The highest BCUT2D eigenvalue weighted by atomic mass is 32.2. The summed E-state index contributed by atoms with van der Waals surface area (Å²) in [6.45, 7) is 0. The van der Waals surface area contributed by atoms with Crippen molar-refractivity contribution in [3.05, 3.63) is 101 Å². The van der Waals surface area contributed by atoms with Gasteiger partial charge in [-0.3, -0.25) is 4.79 Å². The number of amides is 1. The summed E-state index contributed by atoms with van der Waals surface area (Å²) in [5.74, 6) is -0.477. The van der Waals surface area contributed by atoms with E-state index in [-0.39, 0.29) is 35.3 Å². The molecule has 1 amide bonds. The fourth-order valence-electron chi connectivity index (χ4n) is 5.06. The molecule has 8 heteroatoms. The summed E-state index contributed by atoms with van der Waals surface area (Å²) in [5, 5.41) is 6.47. The van der Waals surface area contributed by atoms with E-state index in [2.05, 4.69) is 4.98 Å². The number of nitrogens with zero attached hydrogens (tertiary/aromatic N) is 3. The number of carbonyl (C=O) groups excluding carboxylic acids is 1. The summed E-state index contributed by atoms with van der Waals surface area (Å²) in [6, 6.07) is 20.4. The second kappa shape index (κ2) is 10.2. The number of thioether (sulfide) groups is 1. The normalized spacial score (nSPS) is 20.3. The number of hydrogen-bond acceptors (Lipinski definition) is 5. The minimum absolute atomic E-state index is 0.0160. The number of rotatable bonds is 5. The van der Waals surface area contributed by atoms with E-state index in [9.17, 15) is 13.6 Å². The molecule has 2 aliphatic rings. The number of benzene rings is 3. The SMILES string of the molecule is O=C(CSc1nc2ccccc2s1)N1N=C2C(=Cc3ccc(F)cc3)CCCC2C1c1ccc(F)cc1. The Morgan fingerprint density at radius 2 is 1.76 bits per heavy atom. The van der Waals surface area contributed by atoms with E-state index in [1.165, 1.54) is 36.0 Å². The molecule has 1 fully saturated rings. The maximum absolute atomic E-state index is 13.7. The zero-order valence-corrected chi connectivity index (χ0v) is 21.4. The van der Waals surface area contributed by atoms with Crippen LogP contribution in [-0.2, 0) is 4.79 Å². The van der Waals surface area contributed by atoms with E-state index in [1.807, 2.05) is 30.3 Å². The third-order valence-electron chi connectivity index (χ3n) is 6.77. The second-order valence-corrected chi connectivity index (χ2v) is 11.4. The van der Waals surface area contributed by atoms with Crippen LogP contribution in [0.15, 0.2) is 87.8 Å². The van der Waals surface area contributed by atoms with Crippen LogP contribution in [0.2, 0.25) is 0 Å². The van der Waals surface area contributed by atoms with E-state index in [0.29, 0.717) is 0 Å². The molecule has 0 spiro atoms. The van der Waals surface area contributed by atoms with Gasteiger partial charge in [-0.05, 0) is 78.4 Å². The third kappa shape index (κ3) is 4.95. The largest absolute Gasteiger partial charge is 0.272 e. The molecule has 0 saturated heterocycles. The minimum Gasteiger partial charge on any atom is -0.272 e. The number of allylic oxidation sites excluding steroid dienone is 1. The summed E-state index contributed by atoms with van der Waals surface area (Å²) in [7, 11) is 0. The van der Waals surface area contributed by atoms with Crippen molar-refractivity contribution in [3.8, 4) is 0 Å². The molecule has 2 heterocycles. The summed E-state index contributed by atoms with van der Waals surface area (Å²) < 4.78 is 29.1. The van der Waals surface area contributed by atoms with Crippen LogP contribution in [0.3, 0.4) is 0 Å². The summed E-state index contributed by atoms with van der Waals surface area (Å²) in [4.78, 5) is 18.2. The quantitative estimate of drug-likeness (QED) is 0.251. The van der Waals surface area contributed by atoms with E-state index in [0.717, 1.165) is 56.2 Å². The Labute approximate surface area is 221 Å². The molecular weight excluding hydrogens is 508 g/mol. The predicted molar refractivity (Wildman–Crippen MR) is 145 cm³/mol. The van der Waals surface area contributed by atoms with Crippen LogP contribution in [-0.4, -0.2) is 27.4 Å². The molecule has 4 aromatic rings.